The van der Waals surface area contributed by atoms with E-state index >= 15 is 0 Å². The van der Waals surface area contributed by atoms with Crippen LogP contribution < -0.4 is 10.1 Å². The average molecular weight is 457 g/mol. The van der Waals surface area contributed by atoms with Crippen LogP contribution in [-0.4, -0.2) is 73.3 Å². The number of halogens is 4. The second-order valence-corrected chi connectivity index (χ2v) is 8.89. The Bertz CT molecular complexity index is 915. The second kappa shape index (κ2) is 7.79. The molecule has 5 rings (SSSR count). The Balaban J connectivity index is 1.10. The van der Waals surface area contributed by atoms with Crippen LogP contribution in [0.1, 0.15) is 12.0 Å². The predicted molar refractivity (Wildman–Crippen MR) is 102 cm³/mol. The van der Waals surface area contributed by atoms with Crippen LogP contribution in [0.2, 0.25) is 0 Å². The van der Waals surface area contributed by atoms with Gasteiger partial charge in [-0.3, -0.25) is 4.79 Å². The van der Waals surface area contributed by atoms with Crippen LogP contribution in [0.3, 0.4) is 0 Å². The van der Waals surface area contributed by atoms with Gasteiger partial charge in [0, 0.05) is 32.1 Å². The first-order chi connectivity index (χ1) is 15.2. The van der Waals surface area contributed by atoms with E-state index in [9.17, 15) is 27.2 Å². The maximum Gasteiger partial charge on any atom is 0.416 e. The summed E-state index contributed by atoms with van der Waals surface area (Å²) in [5, 5.41) is 2.88. The molecule has 1 N–H and O–H groups in total. The van der Waals surface area contributed by atoms with Crippen LogP contribution in [0.15, 0.2) is 18.2 Å². The number of rotatable bonds is 3. The maximum atomic E-state index is 13.9. The van der Waals surface area contributed by atoms with E-state index in [1.807, 2.05) is 0 Å². The first kappa shape index (κ1) is 21.3. The molecule has 32 heavy (non-hydrogen) atoms. The van der Waals surface area contributed by atoms with E-state index in [0.29, 0.717) is 38.7 Å². The molecule has 3 heterocycles. The van der Waals surface area contributed by atoms with Gasteiger partial charge < -0.3 is 24.6 Å². The standard InChI is InChI=1S/C21H23F4N3O4/c22-15-5-11(21(23,24)25)1-2-17(15)31-9-14-12-6-28(7-13(12)14)20(30)27-4-3-18-16(8-27)26-19(29)10-32-18/h1-2,5,12-14,16,18H,3-4,6-10H2,(H,26,29)/t12-,13+,14-,16-,18+/m1/s1. The summed E-state index contributed by atoms with van der Waals surface area (Å²) in [6.07, 6.45) is -3.99. The lowest BCUT2D eigenvalue weighted by Gasteiger charge is -2.42. The summed E-state index contributed by atoms with van der Waals surface area (Å²) < 4.78 is 62.8. The van der Waals surface area contributed by atoms with Gasteiger partial charge in [0.1, 0.15) is 6.61 Å². The third-order valence-electron chi connectivity index (χ3n) is 6.93. The van der Waals surface area contributed by atoms with Gasteiger partial charge in [-0.25, -0.2) is 9.18 Å². The number of nitrogens with one attached hydrogen (secondary N) is 1. The summed E-state index contributed by atoms with van der Waals surface area (Å²) in [7, 11) is 0. The molecule has 174 valence electrons. The van der Waals surface area contributed by atoms with E-state index in [0.717, 1.165) is 12.1 Å². The quantitative estimate of drug-likeness (QED) is 0.706. The Morgan fingerprint density at radius 2 is 1.94 bits per heavy atom. The van der Waals surface area contributed by atoms with Crippen molar-refractivity contribution in [2.45, 2.75) is 24.7 Å². The highest BCUT2D eigenvalue weighted by Gasteiger charge is 2.57. The Morgan fingerprint density at radius 3 is 2.62 bits per heavy atom. The molecule has 3 saturated heterocycles. The largest absolute Gasteiger partial charge is 0.490 e. The van der Waals surface area contributed by atoms with Crippen LogP contribution in [0.25, 0.3) is 0 Å². The van der Waals surface area contributed by atoms with Gasteiger partial charge in [-0.15, -0.1) is 0 Å². The molecule has 0 radical (unpaired) electrons. The number of carbonyl (C=O) groups excluding carboxylic acids is 2. The van der Waals surface area contributed by atoms with E-state index in [1.54, 1.807) is 9.80 Å². The first-order valence-corrected chi connectivity index (χ1v) is 10.6. The summed E-state index contributed by atoms with van der Waals surface area (Å²) in [6, 6.07) is 1.99. The van der Waals surface area contributed by atoms with Crippen molar-refractivity contribution in [1.82, 2.24) is 15.1 Å². The number of alkyl halides is 3. The molecule has 4 fully saturated rings. The number of hydrogen-bond donors (Lipinski definition) is 1. The van der Waals surface area contributed by atoms with E-state index in [-0.39, 0.29) is 60.8 Å². The van der Waals surface area contributed by atoms with Crippen LogP contribution in [0, 0.1) is 23.6 Å². The molecule has 3 amide bonds. The van der Waals surface area contributed by atoms with Gasteiger partial charge in [0.25, 0.3) is 0 Å². The van der Waals surface area contributed by atoms with Crippen LogP contribution in [-0.2, 0) is 15.7 Å². The topological polar surface area (TPSA) is 71.1 Å². The van der Waals surface area contributed by atoms with Gasteiger partial charge in [0.05, 0.1) is 24.3 Å². The Kier molecular flexibility index (Phi) is 5.18. The van der Waals surface area contributed by atoms with Gasteiger partial charge in [0.2, 0.25) is 5.91 Å². The Morgan fingerprint density at radius 1 is 1.19 bits per heavy atom. The van der Waals surface area contributed by atoms with E-state index in [4.69, 9.17) is 9.47 Å². The number of nitrogens with zero attached hydrogens (tertiary/aromatic N) is 2. The van der Waals surface area contributed by atoms with Crippen LogP contribution >= 0.6 is 0 Å². The lowest BCUT2D eigenvalue weighted by Crippen LogP contribution is -2.62. The van der Waals surface area contributed by atoms with Gasteiger partial charge in [-0.05, 0) is 36.5 Å². The highest BCUT2D eigenvalue weighted by Crippen LogP contribution is 2.52. The summed E-state index contributed by atoms with van der Waals surface area (Å²) in [5.41, 5.74) is -1.05. The highest BCUT2D eigenvalue weighted by molar-refractivity contribution is 5.79. The summed E-state index contributed by atoms with van der Waals surface area (Å²) in [6.45, 7) is 2.39. The zero-order valence-corrected chi connectivity index (χ0v) is 17.1. The number of amides is 3. The Hall–Kier alpha value is -2.56. The van der Waals surface area contributed by atoms with Gasteiger partial charge in [-0.2, -0.15) is 13.2 Å². The lowest BCUT2D eigenvalue weighted by molar-refractivity contribution is -0.140. The molecule has 1 aliphatic carbocycles. The number of piperidine rings is 2. The van der Waals surface area contributed by atoms with Crippen molar-refractivity contribution in [3.8, 4) is 5.75 Å². The third kappa shape index (κ3) is 3.98. The van der Waals surface area contributed by atoms with E-state index in [2.05, 4.69) is 5.32 Å². The minimum atomic E-state index is -4.60. The van der Waals surface area contributed by atoms with Crippen molar-refractivity contribution in [2.24, 2.45) is 17.8 Å². The zero-order valence-electron chi connectivity index (χ0n) is 17.1. The molecule has 7 nitrogen and oxygen atoms in total. The molecule has 11 heteroatoms. The molecule has 1 aromatic rings. The van der Waals surface area contributed by atoms with Crippen molar-refractivity contribution >= 4 is 11.9 Å². The normalized spacial score (nSPS) is 31.6. The minimum Gasteiger partial charge on any atom is -0.490 e. The number of fused-ring (bicyclic) bond motifs is 2. The number of ether oxygens (including phenoxy) is 2. The molecule has 0 aromatic heterocycles. The van der Waals surface area contributed by atoms with Gasteiger partial charge in [-0.1, -0.05) is 0 Å². The molecule has 1 saturated carbocycles. The highest BCUT2D eigenvalue weighted by atomic mass is 19.4. The first-order valence-electron chi connectivity index (χ1n) is 10.6. The predicted octanol–water partition coefficient (Wildman–Crippen LogP) is 2.11. The number of morpholine rings is 1. The summed E-state index contributed by atoms with van der Waals surface area (Å²) in [4.78, 5) is 28.0. The number of hydrogen-bond acceptors (Lipinski definition) is 4. The van der Waals surface area contributed by atoms with Gasteiger partial charge in [0.15, 0.2) is 11.6 Å². The van der Waals surface area contributed by atoms with Crippen molar-refractivity contribution in [3.05, 3.63) is 29.6 Å². The Labute approximate surface area is 181 Å². The van der Waals surface area contributed by atoms with E-state index < -0.39 is 17.6 Å². The number of benzene rings is 1. The number of urea groups is 1. The minimum absolute atomic E-state index is 0.0594. The fourth-order valence-corrected chi connectivity index (χ4v) is 5.11. The number of likely N-dealkylation sites (tertiary alicyclic amines) is 2. The van der Waals surface area contributed by atoms with E-state index in [1.165, 1.54) is 0 Å². The average Bonchev–Trinajstić information content (AvgIpc) is 3.19. The molecule has 5 atom stereocenters. The smallest absolute Gasteiger partial charge is 0.416 e. The fourth-order valence-electron chi connectivity index (χ4n) is 5.11. The number of carbonyl (C=O) groups is 2. The molecule has 3 aliphatic heterocycles. The van der Waals surface area contributed by atoms with Crippen molar-refractivity contribution in [2.75, 3.05) is 39.4 Å². The maximum absolute atomic E-state index is 13.9. The lowest BCUT2D eigenvalue weighted by atomic mass is 10.0. The molecule has 0 bridgehead atoms. The molecule has 0 unspecified atom stereocenters. The second-order valence-electron chi connectivity index (χ2n) is 8.89. The van der Waals surface area contributed by atoms with Crippen molar-refractivity contribution in [3.63, 3.8) is 0 Å². The zero-order chi connectivity index (χ0) is 22.6. The summed E-state index contributed by atoms with van der Waals surface area (Å²) in [5.74, 6) is -0.772. The molecule has 1 aromatic carbocycles. The monoisotopic (exact) mass is 457 g/mol. The van der Waals surface area contributed by atoms with Crippen LogP contribution in [0.5, 0.6) is 5.75 Å². The third-order valence-corrected chi connectivity index (χ3v) is 6.93. The van der Waals surface area contributed by atoms with Gasteiger partial charge >= 0.3 is 12.2 Å². The van der Waals surface area contributed by atoms with Crippen molar-refractivity contribution in [1.29, 1.82) is 0 Å². The molecular formula is C21H23F4N3O4. The molecule has 4 aliphatic rings. The fraction of sp³-hybridized carbons (Fsp3) is 0.619. The summed E-state index contributed by atoms with van der Waals surface area (Å²) >= 11 is 0. The van der Waals surface area contributed by atoms with Crippen LogP contribution in [0.4, 0.5) is 22.4 Å². The molecule has 0 spiro atoms. The van der Waals surface area contributed by atoms with Crippen molar-refractivity contribution < 1.29 is 36.6 Å². The SMILES string of the molecule is O=C1CO[C@H]2CCN(C(=O)N3C[C@@H]4[C@H](COc5ccc(C(F)(F)F)cc5F)[C@@H]4C3)C[C@H]2N1. The molecular weight excluding hydrogens is 434 g/mol.